The molecule has 0 radical (unpaired) electrons. The first kappa shape index (κ1) is 13.2. The summed E-state index contributed by atoms with van der Waals surface area (Å²) in [6, 6.07) is 4.98. The molecule has 0 bridgehead atoms. The maximum Gasteiger partial charge on any atom is 0.265 e. The average molecular weight is 282 g/mol. The second kappa shape index (κ2) is 5.85. The molecule has 0 saturated heterocycles. The lowest BCUT2D eigenvalue weighted by atomic mass is 10.2. The lowest BCUT2D eigenvalue weighted by molar-refractivity contribution is 0.0953. The topological polar surface area (TPSA) is 64.3 Å². The zero-order chi connectivity index (χ0) is 9.84. The molecule has 1 rings (SSSR count). The van der Waals surface area contributed by atoms with Crippen molar-refractivity contribution in [3.63, 3.8) is 0 Å². The molecule has 1 aromatic carbocycles. The molecule has 0 aromatic heterocycles. The third kappa shape index (κ3) is 2.87. The second-order valence-corrected chi connectivity index (χ2v) is 3.18. The van der Waals surface area contributed by atoms with Crippen LogP contribution in [0.5, 0.6) is 5.75 Å². The molecule has 6 heteroatoms. The number of carbonyl (C=O) groups excluding carboxylic acids is 1. The van der Waals surface area contributed by atoms with Gasteiger partial charge in [0.05, 0.1) is 11.6 Å². The van der Waals surface area contributed by atoms with Gasteiger partial charge >= 0.3 is 0 Å². The van der Waals surface area contributed by atoms with E-state index in [1.165, 1.54) is 7.11 Å². The van der Waals surface area contributed by atoms with Crippen LogP contribution in [-0.2, 0) is 0 Å². The van der Waals surface area contributed by atoms with E-state index in [0.29, 0.717) is 11.3 Å². The molecule has 0 aliphatic heterocycles. The molecule has 0 spiro atoms. The van der Waals surface area contributed by atoms with Crippen molar-refractivity contribution >= 4 is 34.2 Å². The number of hydrazine groups is 1. The summed E-state index contributed by atoms with van der Waals surface area (Å²) >= 11 is 3.27. The molecule has 78 valence electrons. The monoisotopic (exact) mass is 280 g/mol. The van der Waals surface area contributed by atoms with Gasteiger partial charge in [-0.15, -0.1) is 12.4 Å². The smallest absolute Gasteiger partial charge is 0.265 e. The fourth-order valence-electron chi connectivity index (χ4n) is 0.884. The number of hydrogen-bond donors (Lipinski definition) is 2. The highest BCUT2D eigenvalue weighted by Gasteiger charge is 2.06. The predicted octanol–water partition coefficient (Wildman–Crippen LogP) is 1.48. The Hall–Kier alpha value is -0.780. The Labute approximate surface area is 96.3 Å². The van der Waals surface area contributed by atoms with Gasteiger partial charge in [-0.05, 0) is 34.1 Å². The maximum absolute atomic E-state index is 11.1. The third-order valence-electron chi connectivity index (χ3n) is 1.54. The van der Waals surface area contributed by atoms with E-state index in [9.17, 15) is 4.79 Å². The quantitative estimate of drug-likeness (QED) is 0.490. The van der Waals surface area contributed by atoms with Crippen LogP contribution in [0.1, 0.15) is 10.4 Å². The zero-order valence-electron chi connectivity index (χ0n) is 7.41. The lowest BCUT2D eigenvalue weighted by Gasteiger charge is -2.05. The van der Waals surface area contributed by atoms with Crippen LogP contribution < -0.4 is 16.0 Å². The van der Waals surface area contributed by atoms with E-state index >= 15 is 0 Å². The minimum atomic E-state index is -0.342. The van der Waals surface area contributed by atoms with Crippen LogP contribution in [-0.4, -0.2) is 13.0 Å². The summed E-state index contributed by atoms with van der Waals surface area (Å²) < 4.78 is 5.81. The van der Waals surface area contributed by atoms with Gasteiger partial charge in [0, 0.05) is 5.56 Å². The minimum absolute atomic E-state index is 0. The van der Waals surface area contributed by atoms with Gasteiger partial charge < -0.3 is 4.74 Å². The van der Waals surface area contributed by atoms with Gasteiger partial charge in [0.1, 0.15) is 5.75 Å². The van der Waals surface area contributed by atoms with Gasteiger partial charge in [-0.3, -0.25) is 10.2 Å². The van der Waals surface area contributed by atoms with Gasteiger partial charge in [-0.1, -0.05) is 0 Å². The first-order valence-electron chi connectivity index (χ1n) is 3.53. The summed E-state index contributed by atoms with van der Waals surface area (Å²) in [4.78, 5) is 11.1. The number of rotatable bonds is 2. The molecular formula is C8H10BrClN2O2. The minimum Gasteiger partial charge on any atom is -0.496 e. The largest absolute Gasteiger partial charge is 0.496 e. The van der Waals surface area contributed by atoms with Gasteiger partial charge in [-0.25, -0.2) is 5.84 Å². The van der Waals surface area contributed by atoms with Gasteiger partial charge in [0.15, 0.2) is 0 Å². The Morgan fingerprint density at radius 3 is 2.71 bits per heavy atom. The third-order valence-corrected chi connectivity index (χ3v) is 2.20. The van der Waals surface area contributed by atoms with Gasteiger partial charge in [-0.2, -0.15) is 0 Å². The fraction of sp³-hybridized carbons (Fsp3) is 0.125. The van der Waals surface area contributed by atoms with E-state index < -0.39 is 0 Å². The van der Waals surface area contributed by atoms with Crippen LogP contribution in [0.25, 0.3) is 0 Å². The van der Waals surface area contributed by atoms with Crippen LogP contribution in [0.4, 0.5) is 0 Å². The van der Waals surface area contributed by atoms with Crippen LogP contribution in [0.15, 0.2) is 22.7 Å². The molecular weight excluding hydrogens is 271 g/mol. The van der Waals surface area contributed by atoms with Crippen LogP contribution in [0, 0.1) is 0 Å². The van der Waals surface area contributed by atoms with Crippen LogP contribution in [0.2, 0.25) is 0 Å². The predicted molar refractivity (Wildman–Crippen MR) is 59.6 cm³/mol. The molecule has 0 unspecified atom stereocenters. The molecule has 0 aliphatic carbocycles. The molecule has 14 heavy (non-hydrogen) atoms. The van der Waals surface area contributed by atoms with E-state index in [1.54, 1.807) is 18.2 Å². The van der Waals surface area contributed by atoms with E-state index in [-0.39, 0.29) is 18.3 Å². The highest BCUT2D eigenvalue weighted by Crippen LogP contribution is 2.25. The Morgan fingerprint density at radius 1 is 1.57 bits per heavy atom. The second-order valence-electron chi connectivity index (χ2n) is 2.32. The number of nitrogen functional groups attached to an aromatic ring is 1. The number of halogens is 2. The normalized spacial score (nSPS) is 8.79. The number of amides is 1. The molecule has 4 nitrogen and oxygen atoms in total. The molecule has 0 saturated carbocycles. The molecule has 0 heterocycles. The van der Waals surface area contributed by atoms with Crippen LogP contribution >= 0.6 is 28.3 Å². The molecule has 0 fully saturated rings. The Bertz CT molecular complexity index is 333. The molecule has 1 aromatic rings. The van der Waals surface area contributed by atoms with E-state index in [1.807, 2.05) is 5.43 Å². The number of benzene rings is 1. The van der Waals surface area contributed by atoms with Crippen molar-refractivity contribution < 1.29 is 9.53 Å². The van der Waals surface area contributed by atoms with Crippen molar-refractivity contribution in [2.24, 2.45) is 5.84 Å². The summed E-state index contributed by atoms with van der Waals surface area (Å²) in [7, 11) is 1.53. The fourth-order valence-corrected chi connectivity index (χ4v) is 1.29. The van der Waals surface area contributed by atoms with Crippen molar-refractivity contribution in [1.29, 1.82) is 0 Å². The summed E-state index contributed by atoms with van der Waals surface area (Å²) in [6.45, 7) is 0. The molecule has 1 amide bonds. The highest BCUT2D eigenvalue weighted by atomic mass is 79.9. The summed E-state index contributed by atoms with van der Waals surface area (Å²) in [5, 5.41) is 0. The highest BCUT2D eigenvalue weighted by molar-refractivity contribution is 9.10. The summed E-state index contributed by atoms with van der Waals surface area (Å²) in [5.74, 6) is 5.24. The number of carbonyl (C=O) groups is 1. The number of ether oxygens (including phenoxy) is 1. The van der Waals surface area contributed by atoms with Crippen molar-refractivity contribution in [2.45, 2.75) is 0 Å². The van der Waals surface area contributed by atoms with Crippen molar-refractivity contribution in [2.75, 3.05) is 7.11 Å². The number of nitrogens with one attached hydrogen (secondary N) is 1. The first-order chi connectivity index (χ1) is 6.19. The molecule has 0 aliphatic rings. The number of methoxy groups -OCH3 is 1. The van der Waals surface area contributed by atoms with Gasteiger partial charge in [0.2, 0.25) is 0 Å². The number of hydrogen-bond acceptors (Lipinski definition) is 3. The van der Waals surface area contributed by atoms with Crippen molar-refractivity contribution in [3.8, 4) is 5.75 Å². The van der Waals surface area contributed by atoms with Crippen molar-refractivity contribution in [1.82, 2.24) is 5.43 Å². The van der Waals surface area contributed by atoms with E-state index in [4.69, 9.17) is 10.6 Å². The molecule has 3 N–H and O–H groups in total. The van der Waals surface area contributed by atoms with Crippen LogP contribution in [0.3, 0.4) is 0 Å². The summed E-state index contributed by atoms with van der Waals surface area (Å²) in [5.41, 5.74) is 2.50. The summed E-state index contributed by atoms with van der Waals surface area (Å²) in [6.07, 6.45) is 0. The number of nitrogens with two attached hydrogens (primary N) is 1. The Balaban J connectivity index is 0.00000169. The molecule has 0 atom stereocenters. The SMILES string of the molecule is COc1cc(C(=O)NN)ccc1Br.Cl. The maximum atomic E-state index is 11.1. The average Bonchev–Trinajstić information content (AvgIpc) is 2.17. The van der Waals surface area contributed by atoms with Gasteiger partial charge in [0.25, 0.3) is 5.91 Å². The Morgan fingerprint density at radius 2 is 2.21 bits per heavy atom. The zero-order valence-corrected chi connectivity index (χ0v) is 9.81. The van der Waals surface area contributed by atoms with E-state index in [2.05, 4.69) is 15.9 Å². The lowest BCUT2D eigenvalue weighted by Crippen LogP contribution is -2.29. The Kier molecular flexibility index (Phi) is 5.52. The first-order valence-corrected chi connectivity index (χ1v) is 4.33. The van der Waals surface area contributed by atoms with Crippen molar-refractivity contribution in [3.05, 3.63) is 28.2 Å². The van der Waals surface area contributed by atoms with E-state index in [0.717, 1.165) is 4.47 Å². The standard InChI is InChI=1S/C8H9BrN2O2.ClH/c1-13-7-4-5(8(12)11-10)2-3-6(7)9;/h2-4H,10H2,1H3,(H,11,12);1H.